The molecule has 1 aromatic heterocycles. The molecule has 0 saturated heterocycles. The zero-order chi connectivity index (χ0) is 16.3. The molecule has 0 bridgehead atoms. The fourth-order valence-electron chi connectivity index (χ4n) is 1.59. The maximum Gasteiger partial charge on any atom is 0.433 e. The third-order valence-corrected chi connectivity index (χ3v) is 3.62. The summed E-state index contributed by atoms with van der Waals surface area (Å²) in [4.78, 5) is 18.1. The molecule has 1 atom stereocenters. The number of hydrogen-bond acceptors (Lipinski definition) is 5. The van der Waals surface area contributed by atoms with Crippen LogP contribution in [0.15, 0.2) is 41.6 Å². The molecule has 0 unspecified atom stereocenters. The SMILES string of the molecule is C[C@H](Sc1nc(-c2ccccc2)cc(C(F)(F)F)n1)C(=O)[O-]. The Kier molecular flexibility index (Phi) is 4.70. The van der Waals surface area contributed by atoms with Crippen molar-refractivity contribution >= 4 is 17.7 Å². The third kappa shape index (κ3) is 3.97. The summed E-state index contributed by atoms with van der Waals surface area (Å²) in [5, 5.41) is 9.41. The molecular formula is C14H10F3N2O2S-. The van der Waals surface area contributed by atoms with Gasteiger partial charge < -0.3 is 9.90 Å². The monoisotopic (exact) mass is 327 g/mol. The van der Waals surface area contributed by atoms with Gasteiger partial charge >= 0.3 is 6.18 Å². The molecule has 0 radical (unpaired) electrons. The molecular weight excluding hydrogens is 317 g/mol. The van der Waals surface area contributed by atoms with Crippen LogP contribution >= 0.6 is 11.8 Å². The molecule has 0 saturated carbocycles. The Morgan fingerprint density at radius 3 is 2.41 bits per heavy atom. The van der Waals surface area contributed by atoms with Crippen molar-refractivity contribution in [3.8, 4) is 11.3 Å². The number of halogens is 3. The Bertz CT molecular complexity index is 678. The minimum absolute atomic E-state index is 0.0796. The number of hydrogen-bond donors (Lipinski definition) is 0. The zero-order valence-electron chi connectivity index (χ0n) is 11.3. The van der Waals surface area contributed by atoms with Gasteiger partial charge in [-0.25, -0.2) is 9.97 Å². The third-order valence-electron chi connectivity index (χ3n) is 2.68. The van der Waals surface area contributed by atoms with Gasteiger partial charge in [0.25, 0.3) is 0 Å². The van der Waals surface area contributed by atoms with Gasteiger partial charge in [0.1, 0.15) is 5.69 Å². The number of nitrogens with zero attached hydrogens (tertiary/aromatic N) is 2. The molecule has 0 aliphatic carbocycles. The smallest absolute Gasteiger partial charge is 0.433 e. The van der Waals surface area contributed by atoms with Gasteiger partial charge in [-0.2, -0.15) is 13.2 Å². The van der Waals surface area contributed by atoms with E-state index in [1.807, 2.05) is 0 Å². The second-order valence-electron chi connectivity index (χ2n) is 4.36. The number of carboxylic acids is 1. The molecule has 0 aliphatic heterocycles. The summed E-state index contributed by atoms with van der Waals surface area (Å²) in [7, 11) is 0. The van der Waals surface area contributed by atoms with Crippen LogP contribution in [0.3, 0.4) is 0 Å². The summed E-state index contributed by atoms with van der Waals surface area (Å²) in [6.45, 7) is 1.30. The van der Waals surface area contributed by atoms with Crippen molar-refractivity contribution in [2.45, 2.75) is 23.5 Å². The van der Waals surface area contributed by atoms with Crippen LogP contribution < -0.4 is 5.11 Å². The molecule has 22 heavy (non-hydrogen) atoms. The summed E-state index contributed by atoms with van der Waals surface area (Å²) in [5.41, 5.74) is -0.552. The van der Waals surface area contributed by atoms with E-state index < -0.39 is 23.1 Å². The molecule has 2 aromatic rings. The molecule has 0 N–H and O–H groups in total. The standard InChI is InChI=1S/C14H11F3N2O2S/c1-8(12(20)21)22-13-18-10(9-5-3-2-4-6-9)7-11(19-13)14(15,16)17/h2-8H,1H3,(H,20,21)/p-1/t8-/m0/s1. The lowest BCUT2D eigenvalue weighted by atomic mass is 10.1. The second kappa shape index (κ2) is 6.35. The molecule has 0 aliphatic rings. The van der Waals surface area contributed by atoms with Gasteiger partial charge in [-0.3, -0.25) is 0 Å². The number of aromatic nitrogens is 2. The minimum Gasteiger partial charge on any atom is -0.549 e. The molecule has 4 nitrogen and oxygen atoms in total. The molecule has 0 spiro atoms. The first kappa shape index (κ1) is 16.3. The topological polar surface area (TPSA) is 65.9 Å². The largest absolute Gasteiger partial charge is 0.549 e. The number of carbonyl (C=O) groups excluding carboxylic acids is 1. The first-order valence-electron chi connectivity index (χ1n) is 6.16. The molecule has 8 heteroatoms. The first-order valence-corrected chi connectivity index (χ1v) is 7.04. The summed E-state index contributed by atoms with van der Waals surface area (Å²) in [6, 6.07) is 9.12. The van der Waals surface area contributed by atoms with Gasteiger partial charge in [0, 0.05) is 10.8 Å². The van der Waals surface area contributed by atoms with Gasteiger partial charge in [-0.05, 0) is 13.0 Å². The van der Waals surface area contributed by atoms with Crippen molar-refractivity contribution in [1.29, 1.82) is 0 Å². The highest BCUT2D eigenvalue weighted by Gasteiger charge is 2.34. The first-order chi connectivity index (χ1) is 10.3. The van der Waals surface area contributed by atoms with Crippen LogP contribution in [0.2, 0.25) is 0 Å². The lowest BCUT2D eigenvalue weighted by Crippen LogP contribution is -2.31. The lowest BCUT2D eigenvalue weighted by Gasteiger charge is -2.14. The van der Waals surface area contributed by atoms with Crippen LogP contribution in [0.5, 0.6) is 0 Å². The van der Waals surface area contributed by atoms with Crippen molar-refractivity contribution in [2.24, 2.45) is 0 Å². The quantitative estimate of drug-likeness (QED) is 0.637. The Morgan fingerprint density at radius 1 is 1.23 bits per heavy atom. The maximum absolute atomic E-state index is 12.9. The lowest BCUT2D eigenvalue weighted by molar-refractivity contribution is -0.304. The highest BCUT2D eigenvalue weighted by atomic mass is 32.2. The fraction of sp³-hybridized carbons (Fsp3) is 0.214. The number of alkyl halides is 3. The summed E-state index contributed by atoms with van der Waals surface area (Å²) >= 11 is 0.607. The van der Waals surface area contributed by atoms with E-state index in [4.69, 9.17) is 0 Å². The van der Waals surface area contributed by atoms with E-state index >= 15 is 0 Å². The van der Waals surface area contributed by atoms with Gasteiger partial charge in [-0.1, -0.05) is 42.1 Å². The van der Waals surface area contributed by atoms with E-state index in [1.165, 1.54) is 6.92 Å². The van der Waals surface area contributed by atoms with Gasteiger partial charge in [0.15, 0.2) is 5.16 Å². The van der Waals surface area contributed by atoms with Crippen molar-refractivity contribution in [2.75, 3.05) is 0 Å². The average molecular weight is 327 g/mol. The van der Waals surface area contributed by atoms with Crippen LogP contribution in [-0.2, 0) is 11.0 Å². The predicted molar refractivity (Wildman–Crippen MR) is 72.8 cm³/mol. The molecule has 1 heterocycles. The second-order valence-corrected chi connectivity index (χ2v) is 5.67. The normalized spacial score (nSPS) is 12.9. The number of thioether (sulfide) groups is 1. The number of aliphatic carboxylic acids is 1. The van der Waals surface area contributed by atoms with Gasteiger partial charge in [0.05, 0.1) is 11.7 Å². The Labute approximate surface area is 128 Å². The molecule has 2 rings (SSSR count). The van der Waals surface area contributed by atoms with Crippen molar-refractivity contribution < 1.29 is 23.1 Å². The van der Waals surface area contributed by atoms with E-state index in [2.05, 4.69) is 9.97 Å². The highest BCUT2D eigenvalue weighted by Crippen LogP contribution is 2.32. The van der Waals surface area contributed by atoms with Gasteiger partial charge in [-0.15, -0.1) is 0 Å². The van der Waals surface area contributed by atoms with Crippen molar-refractivity contribution in [1.82, 2.24) is 9.97 Å². The van der Waals surface area contributed by atoms with E-state index in [0.29, 0.717) is 17.3 Å². The number of carbonyl (C=O) groups is 1. The van der Waals surface area contributed by atoms with Crippen LogP contribution in [0, 0.1) is 0 Å². The van der Waals surface area contributed by atoms with Crippen LogP contribution in [0.25, 0.3) is 11.3 Å². The minimum atomic E-state index is -4.65. The Morgan fingerprint density at radius 2 is 1.86 bits per heavy atom. The van der Waals surface area contributed by atoms with Crippen LogP contribution in [0.4, 0.5) is 13.2 Å². The summed E-state index contributed by atoms with van der Waals surface area (Å²) in [5.74, 6) is -1.40. The number of benzene rings is 1. The Balaban J connectivity index is 2.48. The van der Waals surface area contributed by atoms with Crippen molar-refractivity contribution in [3.05, 3.63) is 42.1 Å². The molecule has 116 valence electrons. The average Bonchev–Trinajstić information content (AvgIpc) is 2.46. The van der Waals surface area contributed by atoms with E-state index in [1.54, 1.807) is 30.3 Å². The van der Waals surface area contributed by atoms with Gasteiger partial charge in [0.2, 0.25) is 0 Å². The Hall–Kier alpha value is -2.09. The highest BCUT2D eigenvalue weighted by molar-refractivity contribution is 8.00. The molecule has 0 fully saturated rings. The van der Waals surface area contributed by atoms with Crippen molar-refractivity contribution in [3.63, 3.8) is 0 Å². The number of rotatable bonds is 4. The maximum atomic E-state index is 12.9. The van der Waals surface area contributed by atoms with E-state index in [0.717, 1.165) is 6.07 Å². The summed E-state index contributed by atoms with van der Waals surface area (Å²) in [6.07, 6.45) is -4.65. The van der Waals surface area contributed by atoms with Crippen LogP contribution in [-0.4, -0.2) is 21.2 Å². The predicted octanol–water partition coefficient (Wildman–Crippen LogP) is 2.39. The van der Waals surface area contributed by atoms with Crippen LogP contribution in [0.1, 0.15) is 12.6 Å². The fourth-order valence-corrected chi connectivity index (χ4v) is 2.30. The zero-order valence-corrected chi connectivity index (χ0v) is 12.1. The molecule has 0 amide bonds. The number of carboxylic acid groups (broad SMARTS) is 1. The molecule has 1 aromatic carbocycles. The summed E-state index contributed by atoms with van der Waals surface area (Å²) < 4.78 is 38.8. The van der Waals surface area contributed by atoms with E-state index in [-0.39, 0.29) is 10.9 Å². The van der Waals surface area contributed by atoms with E-state index in [9.17, 15) is 23.1 Å².